The Morgan fingerprint density at radius 2 is 1.85 bits per heavy atom. The fourth-order valence-corrected chi connectivity index (χ4v) is 2.00. The fraction of sp³-hybridized carbons (Fsp3) is 0.125. The van der Waals surface area contributed by atoms with Crippen LogP contribution in [0.1, 0.15) is 5.69 Å². The number of pyridine rings is 1. The fourth-order valence-electron chi connectivity index (χ4n) is 2.00. The van der Waals surface area contributed by atoms with Crippen molar-refractivity contribution in [3.8, 4) is 0 Å². The summed E-state index contributed by atoms with van der Waals surface area (Å²) in [5.74, 6) is 0. The predicted molar refractivity (Wildman–Crippen MR) is 83.3 cm³/mol. The van der Waals surface area contributed by atoms with Gasteiger partial charge in [-0.15, -0.1) is 0 Å². The molecule has 0 atom stereocenters. The zero-order chi connectivity index (χ0) is 14.5. The van der Waals surface area contributed by atoms with Crippen molar-refractivity contribution in [2.24, 2.45) is 0 Å². The topological polar surface area (TPSA) is 36.4 Å². The summed E-state index contributed by atoms with van der Waals surface area (Å²) in [5.41, 5.74) is 3.60. The van der Waals surface area contributed by atoms with Gasteiger partial charge in [-0.2, -0.15) is 0 Å². The molecule has 0 unspecified atom stereocenters. The first kappa shape index (κ1) is 13.8. The molecule has 102 valence electrons. The molecule has 1 amide bonds. The van der Waals surface area contributed by atoms with Gasteiger partial charge in [0.05, 0.1) is 17.1 Å². The highest BCUT2D eigenvalue weighted by Gasteiger charge is 2.11. The lowest BCUT2D eigenvalue weighted by atomic mass is 10.2. The molecule has 4 nitrogen and oxygen atoms in total. The number of carbonyl (C=O) groups excluding carboxylic acids is 1. The van der Waals surface area contributed by atoms with Crippen molar-refractivity contribution in [1.82, 2.24) is 4.98 Å². The first-order valence-electron chi connectivity index (χ1n) is 6.26. The smallest absolute Gasteiger partial charge is 0.213 e. The van der Waals surface area contributed by atoms with Gasteiger partial charge in [0.15, 0.2) is 0 Å². The average molecular weight is 267 g/mol. The minimum absolute atomic E-state index is 0.800. The minimum Gasteiger partial charge on any atom is -0.343 e. The number of rotatable bonds is 5. The summed E-state index contributed by atoms with van der Waals surface area (Å²) in [4.78, 5) is 18.8. The number of benzene rings is 1. The van der Waals surface area contributed by atoms with Crippen LogP contribution in [0.4, 0.5) is 17.1 Å². The van der Waals surface area contributed by atoms with Gasteiger partial charge in [-0.3, -0.25) is 9.78 Å². The van der Waals surface area contributed by atoms with Crippen molar-refractivity contribution in [3.05, 3.63) is 54.9 Å². The second-order valence-electron chi connectivity index (χ2n) is 4.41. The van der Waals surface area contributed by atoms with Gasteiger partial charge in [0.25, 0.3) is 0 Å². The van der Waals surface area contributed by atoms with Gasteiger partial charge in [0.1, 0.15) is 0 Å². The van der Waals surface area contributed by atoms with E-state index in [-0.39, 0.29) is 0 Å². The third-order valence-corrected chi connectivity index (χ3v) is 3.14. The highest BCUT2D eigenvalue weighted by atomic mass is 16.1. The van der Waals surface area contributed by atoms with Gasteiger partial charge >= 0.3 is 0 Å². The zero-order valence-corrected chi connectivity index (χ0v) is 11.7. The van der Waals surface area contributed by atoms with Gasteiger partial charge in [0.2, 0.25) is 6.41 Å². The minimum atomic E-state index is 0.800. The predicted octanol–water partition coefficient (Wildman–Crippen LogP) is 3.09. The summed E-state index contributed by atoms with van der Waals surface area (Å²) in [6.45, 7) is 3.73. The molecular weight excluding hydrogens is 250 g/mol. The van der Waals surface area contributed by atoms with Gasteiger partial charge in [-0.05, 0) is 30.3 Å². The Hall–Kier alpha value is -2.62. The van der Waals surface area contributed by atoms with E-state index in [0.717, 1.165) is 29.2 Å². The maximum absolute atomic E-state index is 11.0. The van der Waals surface area contributed by atoms with E-state index >= 15 is 0 Å². The molecule has 0 fully saturated rings. The number of nitrogens with zero attached hydrogens (tertiary/aromatic N) is 3. The first-order valence-corrected chi connectivity index (χ1v) is 6.26. The van der Waals surface area contributed by atoms with Gasteiger partial charge in [-0.25, -0.2) is 0 Å². The standard InChI is InChI=1S/C16H17N3O/c1-4-13-11-14(9-10-17-13)19(3)16-8-6-5-7-15(16)18(2)12-20/h4-12H,1H2,2-3H3. The molecule has 0 saturated carbocycles. The lowest BCUT2D eigenvalue weighted by molar-refractivity contribution is -0.107. The molecule has 1 aromatic heterocycles. The van der Waals surface area contributed by atoms with Gasteiger partial charge < -0.3 is 9.80 Å². The Bertz CT molecular complexity index is 625. The van der Waals surface area contributed by atoms with E-state index in [1.165, 1.54) is 0 Å². The highest BCUT2D eigenvalue weighted by Crippen LogP contribution is 2.32. The SMILES string of the molecule is C=Cc1cc(N(C)c2ccccc2N(C)C=O)ccn1. The van der Waals surface area contributed by atoms with Crippen LogP contribution in [0.3, 0.4) is 0 Å². The number of hydrogen-bond donors (Lipinski definition) is 0. The molecule has 0 spiro atoms. The number of anilines is 3. The molecule has 4 heteroatoms. The Morgan fingerprint density at radius 1 is 1.15 bits per heavy atom. The molecule has 0 N–H and O–H groups in total. The molecular formula is C16H17N3O. The maximum atomic E-state index is 11.0. The zero-order valence-electron chi connectivity index (χ0n) is 11.7. The van der Waals surface area contributed by atoms with Crippen LogP contribution in [0.2, 0.25) is 0 Å². The molecule has 2 rings (SSSR count). The third kappa shape index (κ3) is 2.69. The van der Waals surface area contributed by atoms with Crippen LogP contribution < -0.4 is 9.80 Å². The average Bonchev–Trinajstić information content (AvgIpc) is 2.53. The van der Waals surface area contributed by atoms with E-state index in [1.54, 1.807) is 24.2 Å². The summed E-state index contributed by atoms with van der Waals surface area (Å²) in [7, 11) is 3.70. The number of amides is 1. The van der Waals surface area contributed by atoms with Crippen LogP contribution in [-0.2, 0) is 4.79 Å². The van der Waals surface area contributed by atoms with Crippen LogP contribution >= 0.6 is 0 Å². The van der Waals surface area contributed by atoms with Gasteiger partial charge in [0, 0.05) is 26.0 Å². The maximum Gasteiger partial charge on any atom is 0.213 e. The molecule has 0 radical (unpaired) electrons. The first-order chi connectivity index (χ1) is 9.67. The Morgan fingerprint density at radius 3 is 2.50 bits per heavy atom. The van der Waals surface area contributed by atoms with Crippen molar-refractivity contribution in [2.45, 2.75) is 0 Å². The van der Waals surface area contributed by atoms with Crippen molar-refractivity contribution in [3.63, 3.8) is 0 Å². The monoisotopic (exact) mass is 267 g/mol. The van der Waals surface area contributed by atoms with Gasteiger partial charge in [-0.1, -0.05) is 18.7 Å². The van der Waals surface area contributed by atoms with E-state index < -0.39 is 0 Å². The number of para-hydroxylation sites is 2. The van der Waals surface area contributed by atoms with E-state index in [1.807, 2.05) is 48.3 Å². The molecule has 0 aliphatic heterocycles. The Balaban J connectivity index is 2.44. The summed E-state index contributed by atoms with van der Waals surface area (Å²) in [5, 5.41) is 0. The van der Waals surface area contributed by atoms with Crippen LogP contribution in [0.15, 0.2) is 49.2 Å². The molecule has 0 aliphatic rings. The molecule has 0 aliphatic carbocycles. The van der Waals surface area contributed by atoms with Crippen LogP contribution in [0.25, 0.3) is 6.08 Å². The second-order valence-corrected chi connectivity index (χ2v) is 4.41. The summed E-state index contributed by atoms with van der Waals surface area (Å²) in [6.07, 6.45) is 4.25. The molecule has 0 bridgehead atoms. The molecule has 2 aromatic rings. The quantitative estimate of drug-likeness (QED) is 0.781. The summed E-state index contributed by atoms with van der Waals surface area (Å²) in [6, 6.07) is 11.6. The summed E-state index contributed by atoms with van der Waals surface area (Å²) >= 11 is 0. The van der Waals surface area contributed by atoms with Crippen LogP contribution in [0, 0.1) is 0 Å². The largest absolute Gasteiger partial charge is 0.343 e. The number of hydrogen-bond acceptors (Lipinski definition) is 3. The number of aromatic nitrogens is 1. The van der Waals surface area contributed by atoms with Crippen molar-refractivity contribution < 1.29 is 4.79 Å². The normalized spacial score (nSPS) is 9.90. The third-order valence-electron chi connectivity index (χ3n) is 3.14. The lowest BCUT2D eigenvalue weighted by Gasteiger charge is -2.25. The molecule has 0 saturated heterocycles. The summed E-state index contributed by atoms with van der Waals surface area (Å²) < 4.78 is 0. The number of carbonyl (C=O) groups is 1. The highest BCUT2D eigenvalue weighted by molar-refractivity contribution is 5.85. The van der Waals surface area contributed by atoms with Crippen molar-refractivity contribution in [2.75, 3.05) is 23.9 Å². The molecule has 1 aromatic carbocycles. The second kappa shape index (κ2) is 6.02. The van der Waals surface area contributed by atoms with Crippen LogP contribution in [0.5, 0.6) is 0 Å². The van der Waals surface area contributed by atoms with E-state index in [9.17, 15) is 4.79 Å². The Kier molecular flexibility index (Phi) is 4.15. The van der Waals surface area contributed by atoms with Crippen molar-refractivity contribution >= 4 is 29.5 Å². The van der Waals surface area contributed by atoms with Crippen molar-refractivity contribution in [1.29, 1.82) is 0 Å². The van der Waals surface area contributed by atoms with E-state index in [4.69, 9.17) is 0 Å². The lowest BCUT2D eigenvalue weighted by Crippen LogP contribution is -2.19. The van der Waals surface area contributed by atoms with E-state index in [2.05, 4.69) is 11.6 Å². The molecule has 1 heterocycles. The van der Waals surface area contributed by atoms with Crippen LogP contribution in [-0.4, -0.2) is 25.5 Å². The molecule has 20 heavy (non-hydrogen) atoms. The Labute approximate surface area is 119 Å². The van der Waals surface area contributed by atoms with E-state index in [0.29, 0.717) is 0 Å².